The zero-order valence-corrected chi connectivity index (χ0v) is 11.7. The van der Waals surface area contributed by atoms with Crippen LogP contribution in [0.5, 0.6) is 0 Å². The van der Waals surface area contributed by atoms with Crippen LogP contribution in [0.1, 0.15) is 25.3 Å². The Hall–Kier alpha value is -1.62. The number of benzene rings is 1. The first-order valence-corrected chi connectivity index (χ1v) is 7.21. The molecule has 4 nitrogen and oxygen atoms in total. The van der Waals surface area contributed by atoms with Crippen molar-refractivity contribution in [2.24, 2.45) is 0 Å². The largest absolute Gasteiger partial charge is 0.358 e. The van der Waals surface area contributed by atoms with Gasteiger partial charge in [0.25, 0.3) is 0 Å². The molecule has 1 saturated heterocycles. The van der Waals surface area contributed by atoms with Crippen molar-refractivity contribution in [2.45, 2.75) is 38.4 Å². The van der Waals surface area contributed by atoms with Crippen LogP contribution < -0.4 is 15.5 Å². The molecule has 1 amide bonds. The Kier molecular flexibility index (Phi) is 3.61. The lowest BCUT2D eigenvalue weighted by atomic mass is 10.1. The predicted octanol–water partition coefficient (Wildman–Crippen LogP) is 1.40. The molecule has 0 aromatic heterocycles. The molecule has 1 aromatic carbocycles. The summed E-state index contributed by atoms with van der Waals surface area (Å²) in [5.41, 5.74) is 1.89. The van der Waals surface area contributed by atoms with E-state index in [0.29, 0.717) is 19.1 Å². The molecule has 1 atom stereocenters. The van der Waals surface area contributed by atoms with Crippen molar-refractivity contribution >= 4 is 11.6 Å². The van der Waals surface area contributed by atoms with Crippen LogP contribution in [0.3, 0.4) is 0 Å². The minimum absolute atomic E-state index is 0.0293. The van der Waals surface area contributed by atoms with Gasteiger partial charge in [0.1, 0.15) is 11.9 Å². The molecular formula is C15H20FN3O. The summed E-state index contributed by atoms with van der Waals surface area (Å²) >= 11 is 0. The maximum absolute atomic E-state index is 13.5. The molecule has 2 aliphatic rings. The maximum atomic E-state index is 13.5. The lowest BCUT2D eigenvalue weighted by Gasteiger charge is -2.36. The SMILES string of the molecule is CC1C(=O)NCCN1c1ccc(F)cc1CNC1CC1. The van der Waals surface area contributed by atoms with Gasteiger partial charge in [-0.15, -0.1) is 0 Å². The van der Waals surface area contributed by atoms with Gasteiger partial charge in [0.05, 0.1) is 0 Å². The number of carbonyl (C=O) groups is 1. The van der Waals surface area contributed by atoms with Gasteiger partial charge < -0.3 is 15.5 Å². The van der Waals surface area contributed by atoms with Crippen molar-refractivity contribution in [1.29, 1.82) is 0 Å². The quantitative estimate of drug-likeness (QED) is 0.874. The molecule has 1 heterocycles. The van der Waals surface area contributed by atoms with E-state index >= 15 is 0 Å². The van der Waals surface area contributed by atoms with E-state index in [1.807, 2.05) is 6.92 Å². The second-order valence-electron chi connectivity index (χ2n) is 5.59. The van der Waals surface area contributed by atoms with Crippen LogP contribution in [0.2, 0.25) is 0 Å². The topological polar surface area (TPSA) is 44.4 Å². The van der Waals surface area contributed by atoms with Crippen molar-refractivity contribution in [3.63, 3.8) is 0 Å². The van der Waals surface area contributed by atoms with E-state index in [9.17, 15) is 9.18 Å². The maximum Gasteiger partial charge on any atom is 0.242 e. The fraction of sp³-hybridized carbons (Fsp3) is 0.533. The van der Waals surface area contributed by atoms with Crippen molar-refractivity contribution in [2.75, 3.05) is 18.0 Å². The fourth-order valence-corrected chi connectivity index (χ4v) is 2.63. The zero-order valence-electron chi connectivity index (χ0n) is 11.7. The summed E-state index contributed by atoms with van der Waals surface area (Å²) in [4.78, 5) is 13.8. The van der Waals surface area contributed by atoms with E-state index in [1.54, 1.807) is 12.1 Å². The third-order valence-corrected chi connectivity index (χ3v) is 4.01. The highest BCUT2D eigenvalue weighted by molar-refractivity contribution is 5.86. The van der Waals surface area contributed by atoms with Crippen LogP contribution in [0.4, 0.5) is 10.1 Å². The number of hydrogen-bond acceptors (Lipinski definition) is 3. The van der Waals surface area contributed by atoms with E-state index < -0.39 is 0 Å². The van der Waals surface area contributed by atoms with Gasteiger partial charge in [0, 0.05) is 31.4 Å². The minimum Gasteiger partial charge on any atom is -0.358 e. The van der Waals surface area contributed by atoms with Gasteiger partial charge in [0.2, 0.25) is 5.91 Å². The molecule has 1 aliphatic carbocycles. The predicted molar refractivity (Wildman–Crippen MR) is 76.1 cm³/mol. The van der Waals surface area contributed by atoms with Crippen LogP contribution in [-0.2, 0) is 11.3 Å². The van der Waals surface area contributed by atoms with Crippen molar-refractivity contribution in [1.82, 2.24) is 10.6 Å². The molecule has 1 saturated carbocycles. The molecule has 3 rings (SSSR count). The van der Waals surface area contributed by atoms with Crippen LogP contribution in [0, 0.1) is 5.82 Å². The molecular weight excluding hydrogens is 257 g/mol. The van der Waals surface area contributed by atoms with Crippen molar-refractivity contribution in [3.8, 4) is 0 Å². The van der Waals surface area contributed by atoms with Crippen LogP contribution in [-0.4, -0.2) is 31.1 Å². The Bertz CT molecular complexity index is 516. The Morgan fingerprint density at radius 2 is 2.25 bits per heavy atom. The number of carbonyl (C=O) groups excluding carboxylic acids is 1. The highest BCUT2D eigenvalue weighted by Crippen LogP contribution is 2.26. The smallest absolute Gasteiger partial charge is 0.242 e. The Morgan fingerprint density at radius 3 is 3.00 bits per heavy atom. The highest BCUT2D eigenvalue weighted by Gasteiger charge is 2.27. The lowest BCUT2D eigenvalue weighted by Crippen LogP contribution is -2.54. The molecule has 0 radical (unpaired) electrons. The third kappa shape index (κ3) is 2.77. The van der Waals surface area contributed by atoms with Gasteiger partial charge in [-0.25, -0.2) is 4.39 Å². The van der Waals surface area contributed by atoms with Gasteiger partial charge >= 0.3 is 0 Å². The molecule has 1 unspecified atom stereocenters. The zero-order chi connectivity index (χ0) is 14.1. The summed E-state index contributed by atoms with van der Waals surface area (Å²) in [6.07, 6.45) is 2.40. The van der Waals surface area contributed by atoms with Gasteiger partial charge in [-0.05, 0) is 43.5 Å². The molecule has 20 heavy (non-hydrogen) atoms. The number of halogens is 1. The Balaban J connectivity index is 1.84. The van der Waals surface area contributed by atoms with Crippen LogP contribution in [0.15, 0.2) is 18.2 Å². The molecule has 2 fully saturated rings. The second kappa shape index (κ2) is 5.40. The Labute approximate surface area is 118 Å². The first-order valence-electron chi connectivity index (χ1n) is 7.21. The summed E-state index contributed by atoms with van der Waals surface area (Å²) in [5, 5.41) is 6.26. The first kappa shape index (κ1) is 13.4. The second-order valence-corrected chi connectivity index (χ2v) is 5.59. The van der Waals surface area contributed by atoms with E-state index in [0.717, 1.165) is 17.8 Å². The summed E-state index contributed by atoms with van der Waals surface area (Å²) in [6, 6.07) is 5.19. The normalized spacial score (nSPS) is 22.8. The average molecular weight is 277 g/mol. The molecule has 1 aromatic rings. The number of anilines is 1. The number of nitrogens with one attached hydrogen (secondary N) is 2. The molecule has 2 N–H and O–H groups in total. The minimum atomic E-state index is -0.226. The van der Waals surface area contributed by atoms with E-state index in [1.165, 1.54) is 18.9 Å². The molecule has 108 valence electrons. The molecule has 0 bridgehead atoms. The number of amides is 1. The average Bonchev–Trinajstić information content (AvgIpc) is 3.24. The van der Waals surface area contributed by atoms with Crippen LogP contribution in [0.25, 0.3) is 0 Å². The van der Waals surface area contributed by atoms with Gasteiger partial charge in [-0.3, -0.25) is 4.79 Å². The van der Waals surface area contributed by atoms with Gasteiger partial charge in [0.15, 0.2) is 0 Å². The Morgan fingerprint density at radius 1 is 1.45 bits per heavy atom. The third-order valence-electron chi connectivity index (χ3n) is 4.01. The first-order chi connectivity index (χ1) is 9.65. The lowest BCUT2D eigenvalue weighted by molar-refractivity contribution is -0.122. The van der Waals surface area contributed by atoms with E-state index in [4.69, 9.17) is 0 Å². The van der Waals surface area contributed by atoms with Gasteiger partial charge in [-0.2, -0.15) is 0 Å². The number of nitrogens with zero attached hydrogens (tertiary/aromatic N) is 1. The fourth-order valence-electron chi connectivity index (χ4n) is 2.63. The van der Waals surface area contributed by atoms with Gasteiger partial charge in [-0.1, -0.05) is 0 Å². The summed E-state index contributed by atoms with van der Waals surface area (Å²) in [6.45, 7) is 3.93. The van der Waals surface area contributed by atoms with Crippen molar-refractivity contribution in [3.05, 3.63) is 29.6 Å². The van der Waals surface area contributed by atoms with Crippen LogP contribution >= 0.6 is 0 Å². The van der Waals surface area contributed by atoms with Crippen molar-refractivity contribution < 1.29 is 9.18 Å². The molecule has 5 heteroatoms. The highest BCUT2D eigenvalue weighted by atomic mass is 19.1. The number of rotatable bonds is 4. The summed E-state index contributed by atoms with van der Waals surface area (Å²) in [5.74, 6) is -0.197. The summed E-state index contributed by atoms with van der Waals surface area (Å²) in [7, 11) is 0. The van der Waals surface area contributed by atoms with E-state index in [2.05, 4.69) is 15.5 Å². The summed E-state index contributed by atoms with van der Waals surface area (Å²) < 4.78 is 13.5. The van der Waals surface area contributed by atoms with E-state index in [-0.39, 0.29) is 17.8 Å². The molecule has 1 aliphatic heterocycles. The monoisotopic (exact) mass is 277 g/mol. The standard InChI is InChI=1S/C15H20FN3O/c1-10-15(20)17-6-7-19(10)14-5-2-12(16)8-11(14)9-18-13-3-4-13/h2,5,8,10,13,18H,3-4,6-7,9H2,1H3,(H,17,20). The molecule has 0 spiro atoms. The number of piperazine rings is 1. The number of hydrogen-bond donors (Lipinski definition) is 2.